The molecule has 1 aromatic heterocycles. The molecule has 0 aliphatic carbocycles. The summed E-state index contributed by atoms with van der Waals surface area (Å²) in [6.07, 6.45) is 1.45. The summed E-state index contributed by atoms with van der Waals surface area (Å²) in [5.74, 6) is 0. The average Bonchev–Trinajstić information content (AvgIpc) is 2.52. The second-order valence-corrected chi connectivity index (χ2v) is 3.92. The predicted molar refractivity (Wildman–Crippen MR) is 53.7 cm³/mol. The summed E-state index contributed by atoms with van der Waals surface area (Å²) in [7, 11) is 0. The number of rotatable bonds is 2. The lowest BCUT2D eigenvalue weighted by atomic mass is 10.3. The van der Waals surface area contributed by atoms with E-state index in [1.54, 1.807) is 11.1 Å². The van der Waals surface area contributed by atoms with E-state index in [4.69, 9.17) is 4.74 Å². The molecule has 0 unspecified atom stereocenters. The molecular weight excluding hydrogens is 248 g/mol. The third-order valence-corrected chi connectivity index (χ3v) is 2.47. The van der Waals surface area contributed by atoms with Gasteiger partial charge in [0.1, 0.15) is 6.61 Å². The zero-order valence-corrected chi connectivity index (χ0v) is 9.03. The lowest BCUT2D eigenvalue weighted by Crippen LogP contribution is -2.23. The summed E-state index contributed by atoms with van der Waals surface area (Å²) < 4.78 is 5.78. The van der Waals surface area contributed by atoms with Gasteiger partial charge in [0.25, 0.3) is 0 Å². The molecule has 0 bridgehead atoms. The maximum Gasteiger partial charge on any atom is 0.410 e. The number of halogens is 1. The van der Waals surface area contributed by atoms with Gasteiger partial charge in [-0.1, -0.05) is 15.9 Å². The van der Waals surface area contributed by atoms with E-state index in [0.717, 1.165) is 10.2 Å². The van der Waals surface area contributed by atoms with Crippen LogP contribution >= 0.6 is 15.9 Å². The fourth-order valence-corrected chi connectivity index (χ4v) is 1.68. The largest absolute Gasteiger partial charge is 0.448 e. The Morgan fingerprint density at radius 2 is 2.50 bits per heavy atom. The summed E-state index contributed by atoms with van der Waals surface area (Å²) in [6.45, 7) is 1.64. The van der Waals surface area contributed by atoms with Crippen molar-refractivity contribution in [3.05, 3.63) is 28.5 Å². The number of nitrogens with zero attached hydrogens (tertiary/aromatic N) is 2. The van der Waals surface area contributed by atoms with Gasteiger partial charge in [0.05, 0.1) is 18.8 Å². The minimum atomic E-state index is -0.258. The Kier molecular flexibility index (Phi) is 2.67. The van der Waals surface area contributed by atoms with Crippen LogP contribution in [0, 0.1) is 0 Å². The highest BCUT2D eigenvalue weighted by Gasteiger charge is 2.21. The first-order chi connectivity index (χ1) is 6.75. The molecule has 0 N–H and O–H groups in total. The van der Waals surface area contributed by atoms with Crippen LogP contribution in [0.3, 0.4) is 0 Å². The van der Waals surface area contributed by atoms with Gasteiger partial charge in [0.15, 0.2) is 0 Å². The summed E-state index contributed by atoms with van der Waals surface area (Å²) >= 11 is 3.35. The second kappa shape index (κ2) is 3.96. The second-order valence-electron chi connectivity index (χ2n) is 3.00. The van der Waals surface area contributed by atoms with E-state index in [-0.39, 0.29) is 6.09 Å². The number of carbonyl (C=O) groups is 1. The molecule has 1 amide bonds. The fraction of sp³-hybridized carbons (Fsp3) is 0.333. The number of aromatic nitrogens is 1. The molecule has 1 aromatic rings. The molecule has 1 fully saturated rings. The number of carbonyl (C=O) groups excluding carboxylic acids is 1. The van der Waals surface area contributed by atoms with E-state index in [1.807, 2.05) is 12.1 Å². The molecule has 4 nitrogen and oxygen atoms in total. The molecule has 1 aliphatic heterocycles. The molecule has 0 aromatic carbocycles. The van der Waals surface area contributed by atoms with Crippen molar-refractivity contribution in [3.8, 4) is 0 Å². The van der Waals surface area contributed by atoms with Crippen LogP contribution in [0.5, 0.6) is 0 Å². The standard InChI is InChI=1S/C9H9BrN2O2/c10-7-1-2-11-8(5-7)6-12-3-4-14-9(12)13/h1-2,5H,3-4,6H2. The van der Waals surface area contributed by atoms with Crippen molar-refractivity contribution in [3.63, 3.8) is 0 Å². The highest BCUT2D eigenvalue weighted by molar-refractivity contribution is 9.10. The molecular formula is C9H9BrN2O2. The van der Waals surface area contributed by atoms with Crippen LogP contribution in [-0.2, 0) is 11.3 Å². The van der Waals surface area contributed by atoms with Crippen molar-refractivity contribution < 1.29 is 9.53 Å². The van der Waals surface area contributed by atoms with Crippen LogP contribution in [0.25, 0.3) is 0 Å². The third kappa shape index (κ3) is 2.04. The highest BCUT2D eigenvalue weighted by atomic mass is 79.9. The van der Waals surface area contributed by atoms with Gasteiger partial charge in [-0.2, -0.15) is 0 Å². The molecule has 5 heteroatoms. The van der Waals surface area contributed by atoms with Crippen LogP contribution in [0.2, 0.25) is 0 Å². The number of hydrogen-bond donors (Lipinski definition) is 0. The molecule has 0 spiro atoms. The molecule has 2 rings (SSSR count). The van der Waals surface area contributed by atoms with Crippen molar-refractivity contribution in [2.75, 3.05) is 13.2 Å². The van der Waals surface area contributed by atoms with Gasteiger partial charge in [0, 0.05) is 10.7 Å². The van der Waals surface area contributed by atoms with Crippen LogP contribution in [0.4, 0.5) is 4.79 Å². The molecule has 1 aliphatic rings. The van der Waals surface area contributed by atoms with Crippen molar-refractivity contribution >= 4 is 22.0 Å². The number of cyclic esters (lactones) is 1. The summed E-state index contributed by atoms with van der Waals surface area (Å²) in [5, 5.41) is 0. The normalized spacial score (nSPS) is 15.8. The molecule has 0 radical (unpaired) electrons. The first-order valence-corrected chi connectivity index (χ1v) is 5.07. The Morgan fingerprint density at radius 3 is 3.14 bits per heavy atom. The first kappa shape index (κ1) is 9.45. The van der Waals surface area contributed by atoms with Gasteiger partial charge in [-0.15, -0.1) is 0 Å². The maximum absolute atomic E-state index is 11.1. The quantitative estimate of drug-likeness (QED) is 0.811. The van der Waals surface area contributed by atoms with Gasteiger partial charge in [0.2, 0.25) is 0 Å². The van der Waals surface area contributed by atoms with Gasteiger partial charge >= 0.3 is 6.09 Å². The zero-order valence-electron chi connectivity index (χ0n) is 7.44. The molecule has 2 heterocycles. The Balaban J connectivity index is 2.07. The van der Waals surface area contributed by atoms with Crippen molar-refractivity contribution in [2.45, 2.75) is 6.54 Å². The predicted octanol–water partition coefficient (Wildman–Crippen LogP) is 1.80. The number of hydrogen-bond acceptors (Lipinski definition) is 3. The molecule has 14 heavy (non-hydrogen) atoms. The monoisotopic (exact) mass is 256 g/mol. The van der Waals surface area contributed by atoms with Gasteiger partial charge < -0.3 is 4.74 Å². The minimum absolute atomic E-state index is 0.258. The number of pyridine rings is 1. The Morgan fingerprint density at radius 1 is 1.64 bits per heavy atom. The smallest absolute Gasteiger partial charge is 0.410 e. The maximum atomic E-state index is 11.1. The molecule has 0 saturated carbocycles. The van der Waals surface area contributed by atoms with Gasteiger partial charge in [-0.05, 0) is 12.1 Å². The van der Waals surface area contributed by atoms with E-state index < -0.39 is 0 Å². The van der Waals surface area contributed by atoms with E-state index in [9.17, 15) is 4.79 Å². The number of ether oxygens (including phenoxy) is 1. The van der Waals surface area contributed by atoms with Gasteiger partial charge in [-0.3, -0.25) is 9.88 Å². The van der Waals surface area contributed by atoms with Crippen molar-refractivity contribution in [2.24, 2.45) is 0 Å². The van der Waals surface area contributed by atoms with Crippen LogP contribution in [0.15, 0.2) is 22.8 Å². The van der Waals surface area contributed by atoms with E-state index in [1.165, 1.54) is 0 Å². The molecule has 74 valence electrons. The van der Waals surface area contributed by atoms with Crippen LogP contribution < -0.4 is 0 Å². The number of amides is 1. The molecule has 1 saturated heterocycles. The lowest BCUT2D eigenvalue weighted by molar-refractivity contribution is 0.157. The Bertz CT molecular complexity index is 356. The Labute approximate surface area is 90.0 Å². The summed E-state index contributed by atoms with van der Waals surface area (Å²) in [6, 6.07) is 3.75. The first-order valence-electron chi connectivity index (χ1n) is 4.28. The van der Waals surface area contributed by atoms with Crippen molar-refractivity contribution in [1.82, 2.24) is 9.88 Å². The summed E-state index contributed by atoms with van der Waals surface area (Å²) in [4.78, 5) is 16.9. The highest BCUT2D eigenvalue weighted by Crippen LogP contribution is 2.13. The van der Waals surface area contributed by atoms with Gasteiger partial charge in [-0.25, -0.2) is 4.79 Å². The third-order valence-electron chi connectivity index (χ3n) is 1.98. The Hall–Kier alpha value is -1.10. The van der Waals surface area contributed by atoms with Crippen molar-refractivity contribution in [1.29, 1.82) is 0 Å². The summed E-state index contributed by atoms with van der Waals surface area (Å²) in [5.41, 5.74) is 0.859. The SMILES string of the molecule is O=C1OCCN1Cc1cc(Br)ccn1. The lowest BCUT2D eigenvalue weighted by Gasteiger charge is -2.11. The van der Waals surface area contributed by atoms with E-state index in [2.05, 4.69) is 20.9 Å². The topological polar surface area (TPSA) is 42.4 Å². The molecule has 0 atom stereocenters. The van der Waals surface area contributed by atoms with Crippen LogP contribution in [-0.4, -0.2) is 29.1 Å². The minimum Gasteiger partial charge on any atom is -0.448 e. The average molecular weight is 257 g/mol. The zero-order chi connectivity index (χ0) is 9.97. The van der Waals surface area contributed by atoms with Crippen LogP contribution in [0.1, 0.15) is 5.69 Å². The fourth-order valence-electron chi connectivity index (χ4n) is 1.30. The van der Waals surface area contributed by atoms with E-state index in [0.29, 0.717) is 19.7 Å². The van der Waals surface area contributed by atoms with E-state index >= 15 is 0 Å².